The number of hydrogen-bond acceptors (Lipinski definition) is 3. The number of ether oxygens (including phenoxy) is 2. The van der Waals surface area contributed by atoms with Gasteiger partial charge in [-0.05, 0) is 48.7 Å². The second kappa shape index (κ2) is 8.44. The van der Waals surface area contributed by atoms with Gasteiger partial charge >= 0.3 is 0 Å². The molecule has 0 aliphatic rings. The molecule has 2 rings (SSSR count). The van der Waals surface area contributed by atoms with Gasteiger partial charge in [0.15, 0.2) is 0 Å². The molecule has 0 saturated heterocycles. The Labute approximate surface area is 133 Å². The molecular formula is C19H25NO2. The van der Waals surface area contributed by atoms with Crippen LogP contribution in [0.25, 0.3) is 0 Å². The predicted molar refractivity (Wildman–Crippen MR) is 90.5 cm³/mol. The minimum absolute atomic E-state index is 0.335. The average Bonchev–Trinajstić information content (AvgIpc) is 2.57. The number of benzene rings is 2. The van der Waals surface area contributed by atoms with E-state index in [1.165, 1.54) is 11.1 Å². The van der Waals surface area contributed by atoms with Gasteiger partial charge in [-0.15, -0.1) is 0 Å². The van der Waals surface area contributed by atoms with Crippen molar-refractivity contribution in [2.45, 2.75) is 32.9 Å². The first-order valence-electron chi connectivity index (χ1n) is 7.85. The molecule has 0 amide bonds. The maximum absolute atomic E-state index is 5.55. The Morgan fingerprint density at radius 1 is 1.00 bits per heavy atom. The highest BCUT2D eigenvalue weighted by Crippen LogP contribution is 2.21. The van der Waals surface area contributed by atoms with E-state index in [4.69, 9.17) is 9.47 Å². The molecule has 2 aromatic carbocycles. The van der Waals surface area contributed by atoms with Gasteiger partial charge < -0.3 is 14.8 Å². The van der Waals surface area contributed by atoms with Crippen molar-refractivity contribution in [2.75, 3.05) is 13.7 Å². The van der Waals surface area contributed by atoms with Crippen molar-refractivity contribution >= 4 is 0 Å². The fourth-order valence-corrected chi connectivity index (χ4v) is 2.49. The van der Waals surface area contributed by atoms with Gasteiger partial charge in [0.1, 0.15) is 11.5 Å². The zero-order valence-corrected chi connectivity index (χ0v) is 13.6. The highest BCUT2D eigenvalue weighted by molar-refractivity contribution is 5.30. The lowest BCUT2D eigenvalue weighted by atomic mass is 10.0. The van der Waals surface area contributed by atoms with Crippen LogP contribution in [0.15, 0.2) is 48.5 Å². The monoisotopic (exact) mass is 299 g/mol. The van der Waals surface area contributed by atoms with E-state index in [-0.39, 0.29) is 0 Å². The lowest BCUT2D eigenvalue weighted by molar-refractivity contribution is 0.339. The van der Waals surface area contributed by atoms with Crippen LogP contribution >= 0.6 is 0 Å². The lowest BCUT2D eigenvalue weighted by Crippen LogP contribution is -2.20. The Bertz CT molecular complexity index is 566. The quantitative estimate of drug-likeness (QED) is 0.786. The second-order valence-corrected chi connectivity index (χ2v) is 5.20. The molecule has 22 heavy (non-hydrogen) atoms. The molecule has 3 heteroatoms. The third-order valence-corrected chi connectivity index (χ3v) is 3.69. The first-order chi connectivity index (χ1) is 10.8. The molecule has 0 aromatic heterocycles. The third-order valence-electron chi connectivity index (χ3n) is 3.69. The van der Waals surface area contributed by atoms with Crippen LogP contribution in [-0.2, 0) is 6.54 Å². The van der Waals surface area contributed by atoms with Crippen molar-refractivity contribution in [3.63, 3.8) is 0 Å². The summed E-state index contributed by atoms with van der Waals surface area (Å²) in [5, 5.41) is 3.61. The summed E-state index contributed by atoms with van der Waals surface area (Å²) >= 11 is 0. The molecule has 3 nitrogen and oxygen atoms in total. The molecule has 0 radical (unpaired) electrons. The zero-order chi connectivity index (χ0) is 15.8. The molecule has 0 aliphatic heterocycles. The fourth-order valence-electron chi connectivity index (χ4n) is 2.49. The minimum Gasteiger partial charge on any atom is -0.497 e. The highest BCUT2D eigenvalue weighted by Gasteiger charge is 2.09. The smallest absolute Gasteiger partial charge is 0.119 e. The van der Waals surface area contributed by atoms with Gasteiger partial charge in [-0.2, -0.15) is 0 Å². The predicted octanol–water partition coefficient (Wildman–Crippen LogP) is 4.33. The van der Waals surface area contributed by atoms with Crippen LogP contribution in [0.3, 0.4) is 0 Å². The van der Waals surface area contributed by atoms with E-state index in [0.717, 1.165) is 24.5 Å². The SMILES string of the molecule is CCOc1cccc(CNC(CC)c2ccc(OC)cc2)c1. The summed E-state index contributed by atoms with van der Waals surface area (Å²) in [6.07, 6.45) is 1.04. The van der Waals surface area contributed by atoms with Gasteiger partial charge in [0.2, 0.25) is 0 Å². The summed E-state index contributed by atoms with van der Waals surface area (Å²) < 4.78 is 10.8. The Morgan fingerprint density at radius 3 is 2.41 bits per heavy atom. The van der Waals surface area contributed by atoms with Crippen molar-refractivity contribution in [1.29, 1.82) is 0 Å². The van der Waals surface area contributed by atoms with E-state index < -0.39 is 0 Å². The average molecular weight is 299 g/mol. The lowest BCUT2D eigenvalue weighted by Gasteiger charge is -2.18. The van der Waals surface area contributed by atoms with Crippen LogP contribution in [0.1, 0.15) is 37.4 Å². The van der Waals surface area contributed by atoms with Gasteiger partial charge in [0.25, 0.3) is 0 Å². The Morgan fingerprint density at radius 2 is 1.77 bits per heavy atom. The first kappa shape index (κ1) is 16.4. The molecule has 0 spiro atoms. The summed E-state index contributed by atoms with van der Waals surface area (Å²) in [7, 11) is 1.69. The van der Waals surface area contributed by atoms with E-state index in [1.807, 2.05) is 31.2 Å². The molecule has 1 N–H and O–H groups in total. The number of hydrogen-bond donors (Lipinski definition) is 1. The molecule has 118 valence electrons. The van der Waals surface area contributed by atoms with Gasteiger partial charge in [0, 0.05) is 12.6 Å². The molecule has 1 unspecified atom stereocenters. The van der Waals surface area contributed by atoms with Crippen LogP contribution in [0, 0.1) is 0 Å². The maximum Gasteiger partial charge on any atom is 0.119 e. The summed E-state index contributed by atoms with van der Waals surface area (Å²) in [5.74, 6) is 1.82. The minimum atomic E-state index is 0.335. The van der Waals surface area contributed by atoms with Crippen LogP contribution in [0.5, 0.6) is 11.5 Å². The molecule has 0 fully saturated rings. The Balaban J connectivity index is 1.99. The molecule has 0 saturated carbocycles. The van der Waals surface area contributed by atoms with Crippen molar-refractivity contribution in [3.05, 3.63) is 59.7 Å². The molecule has 0 heterocycles. The van der Waals surface area contributed by atoms with Gasteiger partial charge in [-0.25, -0.2) is 0 Å². The second-order valence-electron chi connectivity index (χ2n) is 5.20. The molecule has 0 bridgehead atoms. The summed E-state index contributed by atoms with van der Waals surface area (Å²) in [6.45, 7) is 5.71. The number of methoxy groups -OCH3 is 1. The van der Waals surface area contributed by atoms with Crippen molar-refractivity contribution < 1.29 is 9.47 Å². The van der Waals surface area contributed by atoms with Crippen LogP contribution in [-0.4, -0.2) is 13.7 Å². The number of rotatable bonds is 8. The van der Waals surface area contributed by atoms with E-state index in [1.54, 1.807) is 7.11 Å². The van der Waals surface area contributed by atoms with Crippen molar-refractivity contribution in [3.8, 4) is 11.5 Å². The molecule has 2 aromatic rings. The normalized spacial score (nSPS) is 12.0. The van der Waals surface area contributed by atoms with Crippen LogP contribution < -0.4 is 14.8 Å². The summed E-state index contributed by atoms with van der Waals surface area (Å²) in [6, 6.07) is 16.8. The Hall–Kier alpha value is -2.00. The van der Waals surface area contributed by atoms with Crippen LogP contribution in [0.4, 0.5) is 0 Å². The molecule has 0 aliphatic carbocycles. The van der Waals surface area contributed by atoms with Gasteiger partial charge in [-0.1, -0.05) is 31.2 Å². The van der Waals surface area contributed by atoms with Gasteiger partial charge in [0.05, 0.1) is 13.7 Å². The fraction of sp³-hybridized carbons (Fsp3) is 0.368. The zero-order valence-electron chi connectivity index (χ0n) is 13.6. The summed E-state index contributed by atoms with van der Waals surface area (Å²) in [4.78, 5) is 0. The van der Waals surface area contributed by atoms with E-state index in [9.17, 15) is 0 Å². The maximum atomic E-state index is 5.55. The summed E-state index contributed by atoms with van der Waals surface area (Å²) in [5.41, 5.74) is 2.52. The molecule has 1 atom stereocenters. The van der Waals surface area contributed by atoms with Crippen LogP contribution in [0.2, 0.25) is 0 Å². The van der Waals surface area contributed by atoms with Crippen molar-refractivity contribution in [2.24, 2.45) is 0 Å². The van der Waals surface area contributed by atoms with E-state index >= 15 is 0 Å². The number of nitrogens with one attached hydrogen (secondary N) is 1. The standard InChI is InChI=1S/C19H25NO2/c1-4-19(16-9-11-17(21-3)12-10-16)20-14-15-7-6-8-18(13-15)22-5-2/h6-13,19-20H,4-5,14H2,1-3H3. The topological polar surface area (TPSA) is 30.5 Å². The highest BCUT2D eigenvalue weighted by atomic mass is 16.5. The van der Waals surface area contributed by atoms with Gasteiger partial charge in [-0.3, -0.25) is 0 Å². The van der Waals surface area contributed by atoms with Crippen molar-refractivity contribution in [1.82, 2.24) is 5.32 Å². The van der Waals surface area contributed by atoms with E-state index in [0.29, 0.717) is 12.6 Å². The molecular weight excluding hydrogens is 274 g/mol. The largest absolute Gasteiger partial charge is 0.497 e. The first-order valence-corrected chi connectivity index (χ1v) is 7.85. The van der Waals surface area contributed by atoms with E-state index in [2.05, 4.69) is 36.5 Å². The Kier molecular flexibility index (Phi) is 6.28. The third kappa shape index (κ3) is 4.50.